The number of benzene rings is 2. The summed E-state index contributed by atoms with van der Waals surface area (Å²) in [5, 5.41) is 7.42. The highest BCUT2D eigenvalue weighted by molar-refractivity contribution is 5.94. The molecule has 0 aliphatic rings. The van der Waals surface area contributed by atoms with E-state index in [4.69, 9.17) is 10.5 Å². The average Bonchev–Trinajstić information content (AvgIpc) is 3.05. The standard InChI is InChI=1S/C23H26N6O3/c1-13-7-6-8-18(29-23(31)28(5)26-29)17(13)12-32-19-10-9-16(11-14(19)2)20-15(3)21(22(24)30)27(4)25-20/h6-11,26H,12H2,1-5H3,(H2,24,30). The van der Waals surface area contributed by atoms with Gasteiger partial charge in [-0.25, -0.2) is 14.7 Å². The van der Waals surface area contributed by atoms with Crippen LogP contribution in [0.15, 0.2) is 41.2 Å². The van der Waals surface area contributed by atoms with E-state index in [1.54, 1.807) is 14.1 Å². The van der Waals surface area contributed by atoms with Crippen molar-refractivity contribution in [2.75, 3.05) is 0 Å². The highest BCUT2D eigenvalue weighted by Crippen LogP contribution is 2.30. The van der Waals surface area contributed by atoms with Crippen molar-refractivity contribution < 1.29 is 9.53 Å². The first kappa shape index (κ1) is 21.2. The molecule has 9 nitrogen and oxygen atoms in total. The molecule has 0 aliphatic heterocycles. The van der Waals surface area contributed by atoms with Gasteiger partial charge in [0.25, 0.3) is 5.91 Å². The molecule has 2 aromatic heterocycles. The minimum atomic E-state index is -0.504. The largest absolute Gasteiger partial charge is 0.489 e. The highest BCUT2D eigenvalue weighted by atomic mass is 16.5. The maximum absolute atomic E-state index is 12.1. The zero-order valence-electron chi connectivity index (χ0n) is 18.8. The van der Waals surface area contributed by atoms with Crippen molar-refractivity contribution in [3.63, 3.8) is 0 Å². The number of aryl methyl sites for hydroxylation is 4. The first-order valence-electron chi connectivity index (χ1n) is 10.2. The van der Waals surface area contributed by atoms with E-state index in [2.05, 4.69) is 10.3 Å². The molecule has 4 aromatic rings. The summed E-state index contributed by atoms with van der Waals surface area (Å²) in [6.45, 7) is 6.10. The van der Waals surface area contributed by atoms with Crippen LogP contribution in [0.3, 0.4) is 0 Å². The normalized spacial score (nSPS) is 11.2. The molecule has 1 amide bonds. The van der Waals surface area contributed by atoms with Gasteiger partial charge in [-0.2, -0.15) is 9.78 Å². The third kappa shape index (κ3) is 3.51. The predicted octanol–water partition coefficient (Wildman–Crippen LogP) is 2.51. The number of carbonyl (C=O) groups excluding carboxylic acids is 1. The molecule has 3 N–H and O–H groups in total. The van der Waals surface area contributed by atoms with E-state index in [1.165, 1.54) is 14.0 Å². The van der Waals surface area contributed by atoms with Crippen molar-refractivity contribution in [2.45, 2.75) is 27.4 Å². The summed E-state index contributed by atoms with van der Waals surface area (Å²) in [6.07, 6.45) is 0. The minimum Gasteiger partial charge on any atom is -0.489 e. The molecule has 2 aromatic carbocycles. The van der Waals surface area contributed by atoms with Gasteiger partial charge in [-0.15, -0.1) is 0 Å². The van der Waals surface area contributed by atoms with E-state index >= 15 is 0 Å². The maximum Gasteiger partial charge on any atom is 0.364 e. The smallest absolute Gasteiger partial charge is 0.364 e. The fraction of sp³-hybridized carbons (Fsp3) is 0.261. The Balaban J connectivity index is 1.61. The molecule has 0 fully saturated rings. The molecule has 4 rings (SSSR count). The Morgan fingerprint density at radius 1 is 1.12 bits per heavy atom. The molecule has 0 unspecified atom stereocenters. The molecular weight excluding hydrogens is 408 g/mol. The number of nitrogens with two attached hydrogens (primary N) is 1. The number of hydrogen-bond donors (Lipinski definition) is 2. The first-order chi connectivity index (χ1) is 15.2. The number of aromatic nitrogens is 5. The van der Waals surface area contributed by atoms with Gasteiger partial charge in [0.05, 0.1) is 11.4 Å². The molecule has 0 atom stereocenters. The van der Waals surface area contributed by atoms with Crippen LogP contribution < -0.4 is 16.2 Å². The highest BCUT2D eigenvalue weighted by Gasteiger charge is 2.19. The number of aromatic amines is 1. The molecule has 0 bridgehead atoms. The number of ether oxygens (including phenoxy) is 1. The predicted molar refractivity (Wildman–Crippen MR) is 121 cm³/mol. The summed E-state index contributed by atoms with van der Waals surface area (Å²) in [4.78, 5) is 23.8. The Morgan fingerprint density at radius 2 is 1.88 bits per heavy atom. The van der Waals surface area contributed by atoms with Gasteiger partial charge in [0, 0.05) is 30.8 Å². The van der Waals surface area contributed by atoms with Crippen molar-refractivity contribution in [1.82, 2.24) is 24.4 Å². The van der Waals surface area contributed by atoms with Crippen molar-refractivity contribution in [3.8, 4) is 22.7 Å². The number of hydrogen-bond acceptors (Lipinski definition) is 4. The molecule has 9 heteroatoms. The zero-order valence-corrected chi connectivity index (χ0v) is 18.8. The van der Waals surface area contributed by atoms with Crippen LogP contribution in [-0.2, 0) is 20.7 Å². The Kier molecular flexibility index (Phi) is 5.25. The number of rotatable bonds is 6. The Labute approximate surface area is 185 Å². The van der Waals surface area contributed by atoms with Crippen LogP contribution >= 0.6 is 0 Å². The molecule has 0 aliphatic carbocycles. The molecule has 2 heterocycles. The third-order valence-electron chi connectivity index (χ3n) is 5.69. The van der Waals surface area contributed by atoms with Crippen molar-refractivity contribution in [3.05, 3.63) is 74.8 Å². The molecule has 0 spiro atoms. The second-order valence-corrected chi connectivity index (χ2v) is 7.93. The van der Waals surface area contributed by atoms with Crippen molar-refractivity contribution in [2.24, 2.45) is 19.8 Å². The topological polar surface area (TPSA) is 113 Å². The molecular formula is C23H26N6O3. The van der Waals surface area contributed by atoms with Gasteiger partial charge < -0.3 is 10.5 Å². The number of carbonyl (C=O) groups is 1. The van der Waals surface area contributed by atoms with Crippen LogP contribution in [-0.4, -0.2) is 30.3 Å². The molecule has 0 saturated heterocycles. The summed E-state index contributed by atoms with van der Waals surface area (Å²) in [5.74, 6) is 0.225. The van der Waals surface area contributed by atoms with Gasteiger partial charge in [-0.3, -0.25) is 9.48 Å². The quantitative estimate of drug-likeness (QED) is 0.485. The number of nitrogens with one attached hydrogen (secondary N) is 1. The molecule has 32 heavy (non-hydrogen) atoms. The summed E-state index contributed by atoms with van der Waals surface area (Å²) >= 11 is 0. The Hall–Kier alpha value is -4.01. The third-order valence-corrected chi connectivity index (χ3v) is 5.69. The summed E-state index contributed by atoms with van der Waals surface area (Å²) in [5.41, 5.74) is 11.7. The summed E-state index contributed by atoms with van der Waals surface area (Å²) in [6, 6.07) is 11.6. The van der Waals surface area contributed by atoms with Gasteiger partial charge in [0.1, 0.15) is 18.1 Å². The van der Waals surface area contributed by atoms with Gasteiger partial charge in [0.15, 0.2) is 0 Å². The summed E-state index contributed by atoms with van der Waals surface area (Å²) in [7, 11) is 3.38. The van der Waals surface area contributed by atoms with E-state index in [0.29, 0.717) is 18.0 Å². The second kappa shape index (κ2) is 7.92. The number of H-pyrrole nitrogens is 1. The van der Waals surface area contributed by atoms with Gasteiger partial charge >= 0.3 is 5.69 Å². The lowest BCUT2D eigenvalue weighted by molar-refractivity contribution is 0.0991. The van der Waals surface area contributed by atoms with Crippen LogP contribution in [0.4, 0.5) is 0 Å². The molecule has 0 radical (unpaired) electrons. The number of nitrogens with zero attached hydrogens (tertiary/aromatic N) is 4. The Bertz CT molecular complexity index is 1390. The zero-order chi connectivity index (χ0) is 23.2. The lowest BCUT2D eigenvalue weighted by atomic mass is 10.0. The molecule has 0 saturated carbocycles. The van der Waals surface area contributed by atoms with E-state index in [9.17, 15) is 9.59 Å². The number of amides is 1. The SMILES string of the molecule is Cc1cc(-c2nn(C)c(C(N)=O)c2C)ccc1OCc1c(C)cccc1-n1[nH]n(C)c1=O. The minimum absolute atomic E-state index is 0.126. The fourth-order valence-electron chi connectivity index (χ4n) is 3.94. The van der Waals surface area contributed by atoms with Crippen molar-refractivity contribution >= 4 is 5.91 Å². The van der Waals surface area contributed by atoms with Crippen molar-refractivity contribution in [1.29, 1.82) is 0 Å². The lowest BCUT2D eigenvalue weighted by Gasteiger charge is -2.19. The van der Waals surface area contributed by atoms with Crippen LogP contribution in [0.1, 0.15) is 32.7 Å². The Morgan fingerprint density at radius 3 is 2.47 bits per heavy atom. The maximum atomic E-state index is 12.1. The van der Waals surface area contributed by atoms with Gasteiger partial charge in [-0.1, -0.05) is 12.1 Å². The number of primary amides is 1. The monoisotopic (exact) mass is 434 g/mol. The van der Waals surface area contributed by atoms with Crippen LogP contribution in [0.2, 0.25) is 0 Å². The van der Waals surface area contributed by atoms with E-state index in [0.717, 1.165) is 39.3 Å². The lowest BCUT2D eigenvalue weighted by Crippen LogP contribution is -2.40. The van der Waals surface area contributed by atoms with Gasteiger partial charge in [0.2, 0.25) is 0 Å². The van der Waals surface area contributed by atoms with Crippen LogP contribution in [0.25, 0.3) is 16.9 Å². The van der Waals surface area contributed by atoms with E-state index in [-0.39, 0.29) is 5.69 Å². The molecule has 166 valence electrons. The fourth-order valence-corrected chi connectivity index (χ4v) is 3.94. The van der Waals surface area contributed by atoms with Crippen LogP contribution in [0.5, 0.6) is 5.75 Å². The van der Waals surface area contributed by atoms with Gasteiger partial charge in [-0.05, 0) is 56.2 Å². The van der Waals surface area contributed by atoms with E-state index < -0.39 is 5.91 Å². The summed E-state index contributed by atoms with van der Waals surface area (Å²) < 4.78 is 10.6. The van der Waals surface area contributed by atoms with E-state index in [1.807, 2.05) is 57.2 Å². The first-order valence-corrected chi connectivity index (χ1v) is 10.2. The van der Waals surface area contributed by atoms with Crippen LogP contribution in [0, 0.1) is 20.8 Å². The second-order valence-electron chi connectivity index (χ2n) is 7.93. The average molecular weight is 435 g/mol.